The van der Waals surface area contributed by atoms with Crippen LogP contribution in [-0.2, 0) is 20.8 Å². The Balaban J connectivity index is 1.59. The van der Waals surface area contributed by atoms with Crippen molar-refractivity contribution in [2.24, 2.45) is 0 Å². The summed E-state index contributed by atoms with van der Waals surface area (Å²) < 4.78 is 26.6. The third kappa shape index (κ3) is 5.96. The highest BCUT2D eigenvalue weighted by atomic mass is 19.1. The van der Waals surface area contributed by atoms with E-state index in [1.54, 1.807) is 22.8 Å². The van der Waals surface area contributed by atoms with Crippen LogP contribution in [0.15, 0.2) is 66.6 Å². The number of rotatable bonds is 9. The number of halogens is 1. The van der Waals surface area contributed by atoms with Gasteiger partial charge in [-0.1, -0.05) is 30.3 Å². The summed E-state index contributed by atoms with van der Waals surface area (Å²) in [6.07, 6.45) is 4.68. The molecule has 0 saturated carbocycles. The summed E-state index contributed by atoms with van der Waals surface area (Å²) in [5, 5.41) is 12.8. The molecule has 8 heteroatoms. The van der Waals surface area contributed by atoms with E-state index < -0.39 is 12.2 Å². The van der Waals surface area contributed by atoms with Crippen LogP contribution < -0.4 is 5.32 Å². The van der Waals surface area contributed by atoms with Gasteiger partial charge in [-0.2, -0.15) is 0 Å². The van der Waals surface area contributed by atoms with E-state index in [9.17, 15) is 14.0 Å². The average molecular weight is 481 g/mol. The van der Waals surface area contributed by atoms with Gasteiger partial charge < -0.3 is 19.9 Å². The smallest absolute Gasteiger partial charge is 0.286 e. The first kappa shape index (κ1) is 24.6. The highest BCUT2D eigenvalue weighted by Crippen LogP contribution is 2.36. The van der Waals surface area contributed by atoms with Gasteiger partial charge in [0, 0.05) is 44.0 Å². The number of aliphatic hydroxyl groups excluding tert-OH is 1. The van der Waals surface area contributed by atoms with E-state index in [2.05, 4.69) is 5.32 Å². The number of nitrogens with one attached hydrogen (secondary N) is 1. The average Bonchev–Trinajstić information content (AvgIpc) is 3.26. The van der Waals surface area contributed by atoms with Crippen molar-refractivity contribution >= 4 is 22.7 Å². The monoisotopic (exact) mass is 480 g/mol. The lowest BCUT2D eigenvalue weighted by Crippen LogP contribution is -2.32. The normalized spacial score (nSPS) is 17.6. The zero-order valence-electron chi connectivity index (χ0n) is 19.6. The van der Waals surface area contributed by atoms with Crippen molar-refractivity contribution in [1.82, 2.24) is 9.88 Å². The molecule has 1 amide bonds. The number of allylic oxidation sites excluding steroid dienone is 1. The Kier molecular flexibility index (Phi) is 7.94. The Morgan fingerprint density at radius 1 is 1.17 bits per heavy atom. The summed E-state index contributed by atoms with van der Waals surface area (Å²) in [6.45, 7) is 2.20. The summed E-state index contributed by atoms with van der Waals surface area (Å²) in [7, 11) is 0. The Morgan fingerprint density at radius 3 is 2.69 bits per heavy atom. The Labute approximate surface area is 203 Å². The van der Waals surface area contributed by atoms with Crippen LogP contribution in [0.3, 0.4) is 0 Å². The number of fused-ring (bicyclic) bond motifs is 1. The van der Waals surface area contributed by atoms with E-state index in [4.69, 9.17) is 14.6 Å². The van der Waals surface area contributed by atoms with Gasteiger partial charge in [0.15, 0.2) is 5.76 Å². The topological polar surface area (TPSA) is 89.8 Å². The van der Waals surface area contributed by atoms with Gasteiger partial charge in [-0.25, -0.2) is 4.39 Å². The number of carbonyl (C=O) groups excluding carboxylic acids is 2. The Morgan fingerprint density at radius 2 is 1.94 bits per heavy atom. The van der Waals surface area contributed by atoms with Gasteiger partial charge >= 0.3 is 0 Å². The molecular formula is C27H29FN2O5. The molecule has 2 atom stereocenters. The van der Waals surface area contributed by atoms with Crippen molar-refractivity contribution in [3.8, 4) is 0 Å². The molecule has 3 aromatic rings. The van der Waals surface area contributed by atoms with Gasteiger partial charge in [0.2, 0.25) is 12.2 Å². The standard InChI is InChI=1S/C27H29FN2O5/c1-18(32)30-17-23(22-6-2-3-7-24(22)30)20-14-25(35-26(15-20)34-13-5-4-12-31)27(33)29-16-19-8-10-21(28)11-9-19/h2-3,6-11,14,17,20,26,31H,4-5,12-13,15-16H2,1H3,(H,29,33)/t20-,26+/m0/s1. The summed E-state index contributed by atoms with van der Waals surface area (Å²) in [4.78, 5) is 25.2. The maximum Gasteiger partial charge on any atom is 0.286 e. The first-order valence-corrected chi connectivity index (χ1v) is 11.7. The number of nitrogens with zero attached hydrogens (tertiary/aromatic N) is 1. The van der Waals surface area contributed by atoms with Gasteiger partial charge in [-0.05, 0) is 48.2 Å². The fourth-order valence-electron chi connectivity index (χ4n) is 4.20. The molecular weight excluding hydrogens is 451 g/mol. The molecule has 2 aromatic carbocycles. The lowest BCUT2D eigenvalue weighted by Gasteiger charge is -2.29. The summed E-state index contributed by atoms with van der Waals surface area (Å²) >= 11 is 0. The minimum Gasteiger partial charge on any atom is -0.459 e. The van der Waals surface area contributed by atoms with E-state index in [-0.39, 0.29) is 36.6 Å². The van der Waals surface area contributed by atoms with Crippen molar-refractivity contribution < 1.29 is 28.6 Å². The number of ether oxygens (including phenoxy) is 2. The van der Waals surface area contributed by atoms with Crippen molar-refractivity contribution in [1.29, 1.82) is 0 Å². The van der Waals surface area contributed by atoms with Gasteiger partial charge in [-0.15, -0.1) is 0 Å². The fraction of sp³-hybridized carbons (Fsp3) is 0.333. The molecule has 1 aliphatic heterocycles. The number of aliphatic hydroxyl groups is 1. The number of aromatic nitrogens is 1. The highest BCUT2D eigenvalue weighted by molar-refractivity contribution is 5.95. The molecule has 0 fully saturated rings. The molecule has 2 N–H and O–H groups in total. The lowest BCUT2D eigenvalue weighted by molar-refractivity contribution is -0.146. The first-order valence-electron chi connectivity index (χ1n) is 11.7. The summed E-state index contributed by atoms with van der Waals surface area (Å²) in [6, 6.07) is 13.5. The van der Waals surface area contributed by atoms with E-state index in [0.29, 0.717) is 25.9 Å². The molecule has 0 spiro atoms. The minimum atomic E-state index is -0.658. The van der Waals surface area contributed by atoms with Crippen LogP contribution in [0.4, 0.5) is 4.39 Å². The van der Waals surface area contributed by atoms with Crippen LogP contribution >= 0.6 is 0 Å². The van der Waals surface area contributed by atoms with Crippen LogP contribution in [0.1, 0.15) is 48.0 Å². The highest BCUT2D eigenvalue weighted by Gasteiger charge is 2.30. The largest absolute Gasteiger partial charge is 0.459 e. The Hall–Kier alpha value is -3.49. The van der Waals surface area contributed by atoms with E-state index in [1.807, 2.05) is 30.5 Å². The number of unbranched alkanes of at least 4 members (excludes halogenated alkanes) is 1. The number of hydrogen-bond donors (Lipinski definition) is 2. The molecule has 4 rings (SSSR count). The summed E-state index contributed by atoms with van der Waals surface area (Å²) in [5.41, 5.74) is 2.47. The molecule has 0 aliphatic carbocycles. The maximum atomic E-state index is 13.2. The zero-order chi connectivity index (χ0) is 24.8. The molecule has 7 nitrogen and oxygen atoms in total. The van der Waals surface area contributed by atoms with Crippen molar-refractivity contribution in [3.05, 3.63) is 83.5 Å². The third-order valence-electron chi connectivity index (χ3n) is 5.99. The van der Waals surface area contributed by atoms with Gasteiger partial charge in [0.05, 0.1) is 12.1 Å². The van der Waals surface area contributed by atoms with Gasteiger partial charge in [0.1, 0.15) is 5.82 Å². The quantitative estimate of drug-likeness (QED) is 0.447. The summed E-state index contributed by atoms with van der Waals surface area (Å²) in [5.74, 6) is -0.929. The van der Waals surface area contributed by atoms with Gasteiger partial charge in [0.25, 0.3) is 5.91 Å². The van der Waals surface area contributed by atoms with Crippen LogP contribution in [0.5, 0.6) is 0 Å². The van der Waals surface area contributed by atoms with Crippen LogP contribution in [-0.4, -0.2) is 41.0 Å². The zero-order valence-corrected chi connectivity index (χ0v) is 19.6. The lowest BCUT2D eigenvalue weighted by atomic mass is 9.92. The molecule has 1 aliphatic rings. The SMILES string of the molecule is CC(=O)n1cc([C@H]2C=C(C(=O)NCc3ccc(F)cc3)O[C@@H](OCCCCO)C2)c2ccccc21. The molecule has 35 heavy (non-hydrogen) atoms. The van der Waals surface area contributed by atoms with Crippen molar-refractivity contribution in [2.45, 2.75) is 44.9 Å². The van der Waals surface area contributed by atoms with E-state index in [1.165, 1.54) is 19.1 Å². The molecule has 1 aromatic heterocycles. The predicted molar refractivity (Wildman–Crippen MR) is 129 cm³/mol. The number of benzene rings is 2. The Bertz CT molecular complexity index is 1220. The third-order valence-corrected chi connectivity index (χ3v) is 5.99. The second-order valence-electron chi connectivity index (χ2n) is 8.52. The predicted octanol–water partition coefficient (Wildman–Crippen LogP) is 4.26. The molecule has 0 unspecified atom stereocenters. The fourth-order valence-corrected chi connectivity index (χ4v) is 4.20. The number of carbonyl (C=O) groups is 2. The van der Waals surface area contributed by atoms with Crippen molar-refractivity contribution in [2.75, 3.05) is 13.2 Å². The van der Waals surface area contributed by atoms with Gasteiger partial charge in [-0.3, -0.25) is 14.2 Å². The second kappa shape index (κ2) is 11.3. The number of hydrogen-bond acceptors (Lipinski definition) is 5. The number of para-hydroxylation sites is 1. The first-order chi connectivity index (χ1) is 17.0. The van der Waals surface area contributed by atoms with Crippen LogP contribution in [0, 0.1) is 5.82 Å². The molecule has 184 valence electrons. The minimum absolute atomic E-state index is 0.0823. The van der Waals surface area contributed by atoms with Crippen LogP contribution in [0.2, 0.25) is 0 Å². The van der Waals surface area contributed by atoms with Crippen LogP contribution in [0.25, 0.3) is 10.9 Å². The van der Waals surface area contributed by atoms with E-state index in [0.717, 1.165) is 22.0 Å². The molecule has 0 saturated heterocycles. The van der Waals surface area contributed by atoms with Crippen molar-refractivity contribution in [3.63, 3.8) is 0 Å². The molecule has 0 bridgehead atoms. The molecule has 0 radical (unpaired) electrons. The van der Waals surface area contributed by atoms with E-state index >= 15 is 0 Å². The maximum absolute atomic E-state index is 13.2. The molecule has 2 heterocycles. The second-order valence-corrected chi connectivity index (χ2v) is 8.52. The number of amides is 1.